The summed E-state index contributed by atoms with van der Waals surface area (Å²) in [6, 6.07) is 13.6. The molecule has 1 aromatic heterocycles. The van der Waals surface area contributed by atoms with E-state index in [1.165, 1.54) is 42.9 Å². The average Bonchev–Trinajstić information content (AvgIpc) is 2.92. The molecule has 1 aliphatic heterocycles. The lowest BCUT2D eigenvalue weighted by molar-refractivity contribution is -0.740. The van der Waals surface area contributed by atoms with Crippen LogP contribution in [0.3, 0.4) is 0 Å². The maximum Gasteiger partial charge on any atom is 0.240 e. The molecule has 1 atom stereocenters. The summed E-state index contributed by atoms with van der Waals surface area (Å²) in [5.74, 6) is 1.33. The van der Waals surface area contributed by atoms with E-state index in [2.05, 4.69) is 75.9 Å². The van der Waals surface area contributed by atoms with Gasteiger partial charge in [0.1, 0.15) is 0 Å². The first-order valence-corrected chi connectivity index (χ1v) is 9.97. The molecule has 1 unspecified atom stereocenters. The highest BCUT2D eigenvalue weighted by molar-refractivity contribution is 7.80. The SMILES string of the molecule is CC1CCCCN1c1cc(-c2ccccc2)[n+](C)n1C.COS(=O)(=O)[O-]. The van der Waals surface area contributed by atoms with Crippen LogP contribution in [0.15, 0.2) is 36.4 Å². The zero-order chi connectivity index (χ0) is 19.3. The summed E-state index contributed by atoms with van der Waals surface area (Å²) in [6.45, 7) is 3.52. The Bertz CT molecular complexity index is 818. The second-order valence-corrected chi connectivity index (χ2v) is 7.56. The predicted octanol–water partition coefficient (Wildman–Crippen LogP) is 1.99. The Labute approximate surface area is 155 Å². The van der Waals surface area contributed by atoms with Gasteiger partial charge in [-0.05, 0) is 38.3 Å². The lowest BCUT2D eigenvalue weighted by atomic mass is 10.0. The van der Waals surface area contributed by atoms with Gasteiger partial charge < -0.3 is 9.45 Å². The van der Waals surface area contributed by atoms with Gasteiger partial charge in [0.15, 0.2) is 12.9 Å². The highest BCUT2D eigenvalue weighted by atomic mass is 32.3. The number of piperidine rings is 1. The molecule has 0 spiro atoms. The van der Waals surface area contributed by atoms with Crippen LogP contribution in [-0.4, -0.2) is 37.3 Å². The van der Waals surface area contributed by atoms with Crippen molar-refractivity contribution < 1.29 is 21.8 Å². The molecule has 3 rings (SSSR count). The van der Waals surface area contributed by atoms with E-state index in [0.717, 1.165) is 7.11 Å². The average molecular weight is 381 g/mol. The van der Waals surface area contributed by atoms with E-state index in [4.69, 9.17) is 0 Å². The molecule has 0 bridgehead atoms. The van der Waals surface area contributed by atoms with E-state index in [0.29, 0.717) is 6.04 Å². The number of hydrogen-bond donors (Lipinski definition) is 0. The number of nitrogens with zero attached hydrogens (tertiary/aromatic N) is 3. The predicted molar refractivity (Wildman–Crippen MR) is 99.4 cm³/mol. The van der Waals surface area contributed by atoms with Crippen LogP contribution in [0.5, 0.6) is 0 Å². The maximum atomic E-state index is 9.22. The van der Waals surface area contributed by atoms with Crippen molar-refractivity contribution in [3.05, 3.63) is 36.4 Å². The van der Waals surface area contributed by atoms with Gasteiger partial charge in [-0.3, -0.25) is 4.18 Å². The fourth-order valence-electron chi connectivity index (χ4n) is 3.21. The third kappa shape index (κ3) is 5.06. The fraction of sp³-hybridized carbons (Fsp3) is 0.500. The van der Waals surface area contributed by atoms with Gasteiger partial charge in [0.05, 0.1) is 20.2 Å². The molecule has 0 saturated carbocycles. The molecule has 1 aromatic carbocycles. The van der Waals surface area contributed by atoms with Gasteiger partial charge in [0.2, 0.25) is 16.1 Å². The lowest BCUT2D eigenvalue weighted by Gasteiger charge is -2.33. The monoisotopic (exact) mass is 381 g/mol. The molecule has 26 heavy (non-hydrogen) atoms. The molecule has 2 aromatic rings. The Morgan fingerprint density at radius 2 is 1.85 bits per heavy atom. The van der Waals surface area contributed by atoms with Crippen LogP contribution in [0.25, 0.3) is 11.3 Å². The van der Waals surface area contributed by atoms with Gasteiger partial charge in [-0.2, -0.15) is 0 Å². The first-order chi connectivity index (χ1) is 12.2. The second kappa shape index (κ2) is 8.66. The summed E-state index contributed by atoms with van der Waals surface area (Å²) in [7, 11) is 0.691. The number of benzene rings is 1. The Morgan fingerprint density at radius 3 is 2.38 bits per heavy atom. The van der Waals surface area contributed by atoms with Crippen LogP contribution < -0.4 is 9.58 Å². The smallest absolute Gasteiger partial charge is 0.240 e. The van der Waals surface area contributed by atoms with E-state index >= 15 is 0 Å². The zero-order valence-corrected chi connectivity index (χ0v) is 16.6. The molecular weight excluding hydrogens is 354 g/mol. The molecule has 8 heteroatoms. The summed E-state index contributed by atoms with van der Waals surface area (Å²) in [4.78, 5) is 2.55. The largest absolute Gasteiger partial charge is 0.726 e. The number of anilines is 1. The molecule has 7 nitrogen and oxygen atoms in total. The molecule has 1 saturated heterocycles. The highest BCUT2D eigenvalue weighted by Gasteiger charge is 2.26. The van der Waals surface area contributed by atoms with E-state index in [1.54, 1.807) is 0 Å². The topological polar surface area (TPSA) is 78.5 Å². The third-order valence-electron chi connectivity index (χ3n) is 4.77. The highest BCUT2D eigenvalue weighted by Crippen LogP contribution is 2.27. The third-order valence-corrected chi connectivity index (χ3v) is 5.18. The summed E-state index contributed by atoms with van der Waals surface area (Å²) < 4.78 is 35.5. The van der Waals surface area contributed by atoms with E-state index < -0.39 is 10.4 Å². The first-order valence-electron chi connectivity index (χ1n) is 8.64. The summed E-state index contributed by atoms with van der Waals surface area (Å²) >= 11 is 0. The minimum atomic E-state index is -4.41. The Morgan fingerprint density at radius 1 is 1.23 bits per heavy atom. The molecule has 2 heterocycles. The molecule has 144 valence electrons. The van der Waals surface area contributed by atoms with Crippen molar-refractivity contribution in [2.24, 2.45) is 14.1 Å². The minimum Gasteiger partial charge on any atom is -0.726 e. The lowest BCUT2D eigenvalue weighted by Crippen LogP contribution is -2.43. The van der Waals surface area contributed by atoms with Crippen LogP contribution in [0, 0.1) is 0 Å². The molecule has 0 aliphatic carbocycles. The number of rotatable bonds is 3. The van der Waals surface area contributed by atoms with Crippen molar-refractivity contribution in [2.45, 2.75) is 32.2 Å². The summed E-state index contributed by atoms with van der Waals surface area (Å²) in [5.41, 5.74) is 2.56. The minimum absolute atomic E-state index is 0.640. The van der Waals surface area contributed by atoms with Gasteiger partial charge >= 0.3 is 0 Å². The van der Waals surface area contributed by atoms with E-state index in [9.17, 15) is 13.0 Å². The van der Waals surface area contributed by atoms with E-state index in [1.807, 2.05) is 0 Å². The van der Waals surface area contributed by atoms with Crippen molar-refractivity contribution in [1.29, 1.82) is 0 Å². The van der Waals surface area contributed by atoms with Crippen LogP contribution >= 0.6 is 0 Å². The summed E-state index contributed by atoms with van der Waals surface area (Å²) in [6.07, 6.45) is 3.97. The van der Waals surface area contributed by atoms with Gasteiger partial charge in [-0.1, -0.05) is 18.2 Å². The van der Waals surface area contributed by atoms with Crippen molar-refractivity contribution >= 4 is 16.2 Å². The maximum absolute atomic E-state index is 9.22. The van der Waals surface area contributed by atoms with Gasteiger partial charge in [0, 0.05) is 18.2 Å². The molecule has 1 fully saturated rings. The first kappa shape index (κ1) is 20.4. The van der Waals surface area contributed by atoms with E-state index in [-0.39, 0.29) is 0 Å². The van der Waals surface area contributed by atoms with Crippen molar-refractivity contribution in [3.8, 4) is 11.3 Å². The van der Waals surface area contributed by atoms with Crippen LogP contribution in [0.4, 0.5) is 5.82 Å². The molecular formula is C18H27N3O4S. The molecule has 0 amide bonds. The van der Waals surface area contributed by atoms with Crippen molar-refractivity contribution in [3.63, 3.8) is 0 Å². The van der Waals surface area contributed by atoms with Gasteiger partial charge in [-0.15, -0.1) is 9.36 Å². The fourth-order valence-corrected chi connectivity index (χ4v) is 3.21. The number of aromatic nitrogens is 2. The Hall–Kier alpha value is -1.90. The Balaban J connectivity index is 0.000000352. The second-order valence-electron chi connectivity index (χ2n) is 6.41. The van der Waals surface area contributed by atoms with Crippen LogP contribution in [0.2, 0.25) is 0 Å². The standard InChI is InChI=1S/C17H24N3.CH4O4S/c1-14-9-7-8-12-20(14)17-13-16(18(2)19(17)3)15-10-5-4-6-11-15;1-5-6(2,3)4/h4-6,10-11,13-14H,7-9,12H2,1-3H3;1H3,(H,2,3,4)/q+1;/p-1. The zero-order valence-electron chi connectivity index (χ0n) is 15.8. The van der Waals surface area contributed by atoms with Gasteiger partial charge in [0.25, 0.3) is 0 Å². The quantitative estimate of drug-likeness (QED) is 0.462. The molecule has 0 N–H and O–H groups in total. The van der Waals surface area contributed by atoms with Crippen molar-refractivity contribution in [2.75, 3.05) is 18.6 Å². The molecule has 1 aliphatic rings. The van der Waals surface area contributed by atoms with Crippen molar-refractivity contribution in [1.82, 2.24) is 4.68 Å². The Kier molecular flexibility index (Phi) is 6.80. The van der Waals surface area contributed by atoms with Crippen LogP contribution in [-0.2, 0) is 28.7 Å². The van der Waals surface area contributed by atoms with Crippen LogP contribution in [0.1, 0.15) is 26.2 Å². The summed E-state index contributed by atoms with van der Waals surface area (Å²) in [5, 5.41) is 0. The molecule has 0 radical (unpaired) electrons. The normalized spacial score (nSPS) is 17.6. The number of hydrogen-bond acceptors (Lipinski definition) is 5. The van der Waals surface area contributed by atoms with Gasteiger partial charge in [-0.25, -0.2) is 8.42 Å².